The molecule has 3 rings (SSSR count). The van der Waals surface area contributed by atoms with E-state index in [0.29, 0.717) is 11.4 Å². The molecule has 2 saturated heterocycles. The van der Waals surface area contributed by atoms with Gasteiger partial charge in [0, 0.05) is 17.5 Å². The van der Waals surface area contributed by atoms with E-state index < -0.39 is 5.54 Å². The Morgan fingerprint density at radius 2 is 1.85 bits per heavy atom. The van der Waals surface area contributed by atoms with E-state index in [2.05, 4.69) is 10.6 Å². The third-order valence-electron chi connectivity index (χ3n) is 5.92. The number of nitrogens with one attached hydrogen (secondary N) is 2. The van der Waals surface area contributed by atoms with Crippen LogP contribution < -0.4 is 10.6 Å². The van der Waals surface area contributed by atoms with Gasteiger partial charge in [0.2, 0.25) is 0 Å². The van der Waals surface area contributed by atoms with Gasteiger partial charge < -0.3 is 10.6 Å². The molecule has 2 aliphatic heterocycles. The Balaban J connectivity index is 2.00. The van der Waals surface area contributed by atoms with Crippen molar-refractivity contribution in [2.24, 2.45) is 5.92 Å². The Labute approximate surface area is 160 Å². The fourth-order valence-corrected chi connectivity index (χ4v) is 4.60. The first kappa shape index (κ1) is 19.2. The van der Waals surface area contributed by atoms with Gasteiger partial charge in [0.15, 0.2) is 0 Å². The molecule has 1 atom stereocenters. The second-order valence-corrected chi connectivity index (χ2v) is 7.75. The number of amides is 3. The normalized spacial score (nSPS) is 24.4. The fraction of sp³-hybridized carbons (Fsp3) is 0.600. The van der Waals surface area contributed by atoms with E-state index in [1.54, 1.807) is 0 Å². The molecular weight excluding hydrogens is 350 g/mol. The first-order valence-electron chi connectivity index (χ1n) is 9.63. The summed E-state index contributed by atoms with van der Waals surface area (Å²) in [5, 5.41) is 7.10. The van der Waals surface area contributed by atoms with Crippen LogP contribution >= 0.6 is 11.6 Å². The van der Waals surface area contributed by atoms with Gasteiger partial charge in [0.05, 0.1) is 0 Å². The molecule has 2 N–H and O–H groups in total. The molecule has 0 aliphatic carbocycles. The average molecular weight is 378 g/mol. The van der Waals surface area contributed by atoms with Crippen molar-refractivity contribution in [3.05, 3.63) is 34.9 Å². The van der Waals surface area contributed by atoms with Crippen molar-refractivity contribution in [1.82, 2.24) is 15.5 Å². The van der Waals surface area contributed by atoms with Crippen LogP contribution in [0.2, 0.25) is 5.02 Å². The van der Waals surface area contributed by atoms with Crippen LogP contribution in [0.1, 0.15) is 45.1 Å². The summed E-state index contributed by atoms with van der Waals surface area (Å²) in [4.78, 5) is 27.9. The fourth-order valence-electron chi connectivity index (χ4n) is 4.39. The molecule has 2 aliphatic rings. The van der Waals surface area contributed by atoms with Crippen LogP contribution in [0, 0.1) is 5.92 Å². The zero-order valence-corrected chi connectivity index (χ0v) is 16.3. The van der Waals surface area contributed by atoms with Crippen molar-refractivity contribution in [1.29, 1.82) is 0 Å². The van der Waals surface area contributed by atoms with Crippen LogP contribution in [0.25, 0.3) is 0 Å². The maximum atomic E-state index is 13.6. The van der Waals surface area contributed by atoms with Gasteiger partial charge in [-0.25, -0.2) is 4.79 Å². The predicted octanol–water partition coefficient (Wildman–Crippen LogP) is 3.36. The highest BCUT2D eigenvalue weighted by Gasteiger charge is 2.56. The lowest BCUT2D eigenvalue weighted by Gasteiger charge is -2.38. The van der Waals surface area contributed by atoms with Crippen molar-refractivity contribution in [3.8, 4) is 0 Å². The number of carbonyl (C=O) groups excluding carboxylic acids is 2. The third-order valence-corrected chi connectivity index (χ3v) is 6.29. The largest absolute Gasteiger partial charge is 0.325 e. The Morgan fingerprint density at radius 3 is 2.46 bits per heavy atom. The summed E-state index contributed by atoms with van der Waals surface area (Å²) in [5.74, 6) is 0.0267. The molecule has 0 radical (unpaired) electrons. The first-order valence-corrected chi connectivity index (χ1v) is 10.0. The number of rotatable bonds is 6. The molecule has 3 amide bonds. The Morgan fingerprint density at radius 1 is 1.19 bits per heavy atom. The number of carbonyl (C=O) groups is 2. The van der Waals surface area contributed by atoms with Crippen molar-refractivity contribution < 1.29 is 9.59 Å². The summed E-state index contributed by atoms with van der Waals surface area (Å²) < 4.78 is 0. The van der Waals surface area contributed by atoms with Gasteiger partial charge in [-0.1, -0.05) is 43.6 Å². The lowest BCUT2D eigenvalue weighted by molar-refractivity contribution is -0.135. The molecule has 2 fully saturated rings. The zero-order valence-electron chi connectivity index (χ0n) is 15.6. The molecule has 0 aromatic heterocycles. The molecule has 1 unspecified atom stereocenters. The van der Waals surface area contributed by atoms with Crippen LogP contribution in [-0.2, 0) is 11.2 Å². The maximum absolute atomic E-state index is 13.6. The Hall–Kier alpha value is -1.59. The highest BCUT2D eigenvalue weighted by molar-refractivity contribution is 6.31. The zero-order chi connectivity index (χ0) is 18.7. The van der Waals surface area contributed by atoms with Crippen LogP contribution in [0.3, 0.4) is 0 Å². The van der Waals surface area contributed by atoms with Gasteiger partial charge in [-0.15, -0.1) is 0 Å². The van der Waals surface area contributed by atoms with Gasteiger partial charge in [0.1, 0.15) is 5.54 Å². The monoisotopic (exact) mass is 377 g/mol. The first-order chi connectivity index (χ1) is 12.5. The number of imide groups is 1. The minimum atomic E-state index is -0.896. The number of hydrogen-bond donors (Lipinski definition) is 2. The SMILES string of the molecule is CCC(CC)N1C(=O)NC(Cc2ccccc2Cl)(C2CCNCC2)C1=O. The van der Waals surface area contributed by atoms with E-state index in [0.717, 1.165) is 44.3 Å². The number of urea groups is 1. The lowest BCUT2D eigenvalue weighted by Crippen LogP contribution is -2.57. The quantitative estimate of drug-likeness (QED) is 0.747. The topological polar surface area (TPSA) is 61.4 Å². The molecule has 142 valence electrons. The van der Waals surface area contributed by atoms with E-state index in [4.69, 9.17) is 11.6 Å². The maximum Gasteiger partial charge on any atom is 0.325 e. The summed E-state index contributed by atoms with van der Waals surface area (Å²) in [6, 6.07) is 7.29. The summed E-state index contributed by atoms with van der Waals surface area (Å²) in [6.45, 7) is 5.77. The molecule has 1 aromatic carbocycles. The van der Waals surface area contributed by atoms with Crippen molar-refractivity contribution in [2.75, 3.05) is 13.1 Å². The number of halogens is 1. The summed E-state index contributed by atoms with van der Waals surface area (Å²) in [6.07, 6.45) is 3.72. The highest BCUT2D eigenvalue weighted by Crippen LogP contribution is 2.37. The predicted molar refractivity (Wildman–Crippen MR) is 103 cm³/mol. The molecule has 6 heteroatoms. The average Bonchev–Trinajstić information content (AvgIpc) is 2.91. The van der Waals surface area contributed by atoms with E-state index in [9.17, 15) is 9.59 Å². The summed E-state index contributed by atoms with van der Waals surface area (Å²) >= 11 is 6.39. The van der Waals surface area contributed by atoms with Gasteiger partial charge >= 0.3 is 6.03 Å². The van der Waals surface area contributed by atoms with Crippen LogP contribution in [0.5, 0.6) is 0 Å². The van der Waals surface area contributed by atoms with E-state index in [1.165, 1.54) is 4.90 Å². The number of nitrogens with zero attached hydrogens (tertiary/aromatic N) is 1. The third kappa shape index (κ3) is 3.35. The molecule has 0 bridgehead atoms. The van der Waals surface area contributed by atoms with E-state index in [-0.39, 0.29) is 23.9 Å². The highest BCUT2D eigenvalue weighted by atomic mass is 35.5. The second-order valence-electron chi connectivity index (χ2n) is 7.34. The standard InChI is InChI=1S/C20H28ClN3O2/c1-3-16(4-2)24-18(25)20(23-19(24)26,15-9-11-22-12-10-15)13-14-7-5-6-8-17(14)21/h5-8,15-16,22H,3-4,9-13H2,1-2H3,(H,23,26). The summed E-state index contributed by atoms with van der Waals surface area (Å²) in [7, 11) is 0. The van der Waals surface area contributed by atoms with Crippen molar-refractivity contribution in [3.63, 3.8) is 0 Å². The van der Waals surface area contributed by atoms with Crippen molar-refractivity contribution in [2.45, 2.75) is 57.5 Å². The Bertz CT molecular complexity index is 671. The molecule has 5 nitrogen and oxygen atoms in total. The summed E-state index contributed by atoms with van der Waals surface area (Å²) in [5.41, 5.74) is 0.0139. The minimum absolute atomic E-state index is 0.0580. The molecule has 0 spiro atoms. The van der Waals surface area contributed by atoms with Crippen LogP contribution in [0.15, 0.2) is 24.3 Å². The molecule has 2 heterocycles. The van der Waals surface area contributed by atoms with Gasteiger partial charge in [-0.3, -0.25) is 9.69 Å². The Kier molecular flexibility index (Phi) is 5.88. The van der Waals surface area contributed by atoms with Crippen molar-refractivity contribution >= 4 is 23.5 Å². The number of benzene rings is 1. The molecule has 26 heavy (non-hydrogen) atoms. The van der Waals surface area contributed by atoms with Crippen LogP contribution in [-0.4, -0.2) is 41.5 Å². The van der Waals surface area contributed by atoms with Gasteiger partial charge in [0.25, 0.3) is 5.91 Å². The molecule has 1 aromatic rings. The van der Waals surface area contributed by atoms with Gasteiger partial charge in [-0.2, -0.15) is 0 Å². The number of piperidine rings is 1. The van der Waals surface area contributed by atoms with E-state index in [1.807, 2.05) is 38.1 Å². The smallest absolute Gasteiger partial charge is 0.322 e. The lowest BCUT2D eigenvalue weighted by atomic mass is 9.74. The van der Waals surface area contributed by atoms with Crippen LogP contribution in [0.4, 0.5) is 4.79 Å². The van der Waals surface area contributed by atoms with Gasteiger partial charge in [-0.05, 0) is 56.3 Å². The number of hydrogen-bond acceptors (Lipinski definition) is 3. The van der Waals surface area contributed by atoms with E-state index >= 15 is 0 Å². The molecule has 0 saturated carbocycles. The minimum Gasteiger partial charge on any atom is -0.322 e. The molecular formula is C20H28ClN3O2. The second kappa shape index (κ2) is 7.97.